The van der Waals surface area contributed by atoms with E-state index in [9.17, 15) is 4.79 Å². The van der Waals surface area contributed by atoms with E-state index in [1.54, 1.807) is 0 Å². The highest BCUT2D eigenvalue weighted by Gasteiger charge is 2.18. The number of nitrogens with zero attached hydrogens (tertiary/aromatic N) is 2. The first-order valence-electron chi connectivity index (χ1n) is 8.75. The van der Waals surface area contributed by atoms with Crippen LogP contribution in [-0.4, -0.2) is 22.3 Å². The van der Waals surface area contributed by atoms with E-state index < -0.39 is 0 Å². The predicted octanol–water partition coefficient (Wildman–Crippen LogP) is 5.05. The van der Waals surface area contributed by atoms with Gasteiger partial charge in [-0.25, -0.2) is 4.68 Å². The van der Waals surface area contributed by atoms with Gasteiger partial charge in [-0.15, -0.1) is 11.3 Å². The third-order valence-electron chi connectivity index (χ3n) is 4.20. The second-order valence-electron chi connectivity index (χ2n) is 6.05. The van der Waals surface area contributed by atoms with Crippen LogP contribution < -0.4 is 10.1 Å². The van der Waals surface area contributed by atoms with Gasteiger partial charge in [0.2, 0.25) is 0 Å². The topological polar surface area (TPSA) is 56.1 Å². The number of fused-ring (bicyclic) bond motifs is 1. The van der Waals surface area contributed by atoms with Crippen molar-refractivity contribution in [3.05, 3.63) is 71.2 Å². The smallest absolute Gasteiger partial charge is 0.265 e. The fourth-order valence-corrected chi connectivity index (χ4v) is 4.02. The first kappa shape index (κ1) is 17.3. The molecule has 0 saturated heterocycles. The second kappa shape index (κ2) is 7.25. The molecule has 0 aliphatic rings. The average molecular weight is 377 g/mol. The van der Waals surface area contributed by atoms with E-state index in [2.05, 4.69) is 10.4 Å². The lowest BCUT2D eigenvalue weighted by atomic mass is 10.2. The maximum absolute atomic E-state index is 12.8. The molecule has 0 aliphatic carbocycles. The molecule has 27 heavy (non-hydrogen) atoms. The number of amides is 1. The van der Waals surface area contributed by atoms with E-state index in [0.717, 1.165) is 21.6 Å². The lowest BCUT2D eigenvalue weighted by molar-refractivity contribution is 0.103. The van der Waals surface area contributed by atoms with Crippen molar-refractivity contribution in [2.75, 3.05) is 11.9 Å². The lowest BCUT2D eigenvalue weighted by Gasteiger charge is -2.10. The Labute approximate surface area is 161 Å². The fraction of sp³-hybridized carbons (Fsp3) is 0.143. The molecular weight excluding hydrogens is 358 g/mol. The number of carbonyl (C=O) groups is 1. The van der Waals surface area contributed by atoms with E-state index >= 15 is 0 Å². The van der Waals surface area contributed by atoms with Crippen LogP contribution in [0.2, 0.25) is 0 Å². The van der Waals surface area contributed by atoms with E-state index in [1.165, 1.54) is 11.3 Å². The van der Waals surface area contributed by atoms with Gasteiger partial charge in [0.05, 0.1) is 28.6 Å². The van der Waals surface area contributed by atoms with Crippen molar-refractivity contribution < 1.29 is 9.53 Å². The van der Waals surface area contributed by atoms with Crippen LogP contribution >= 0.6 is 11.3 Å². The lowest BCUT2D eigenvalue weighted by Crippen LogP contribution is -2.11. The highest BCUT2D eigenvalue weighted by Crippen LogP contribution is 2.31. The number of ether oxygens (including phenoxy) is 1. The number of aryl methyl sites for hydroxylation is 1. The van der Waals surface area contributed by atoms with Gasteiger partial charge in [0.1, 0.15) is 10.6 Å². The monoisotopic (exact) mass is 377 g/mol. The van der Waals surface area contributed by atoms with Crippen LogP contribution in [0.1, 0.15) is 22.3 Å². The molecule has 0 atom stereocenters. The van der Waals surface area contributed by atoms with Gasteiger partial charge in [-0.3, -0.25) is 4.79 Å². The van der Waals surface area contributed by atoms with Crippen LogP contribution in [0, 0.1) is 6.92 Å². The molecule has 0 unspecified atom stereocenters. The average Bonchev–Trinajstić information content (AvgIpc) is 3.25. The Hall–Kier alpha value is -3.12. The number of anilines is 1. The van der Waals surface area contributed by atoms with Gasteiger partial charge in [-0.2, -0.15) is 5.10 Å². The molecule has 0 bridgehead atoms. The quantitative estimate of drug-likeness (QED) is 0.530. The molecule has 1 amide bonds. The highest BCUT2D eigenvalue weighted by atomic mass is 32.1. The maximum atomic E-state index is 12.8. The number of nitrogens with one attached hydrogen (secondary N) is 1. The van der Waals surface area contributed by atoms with Gasteiger partial charge >= 0.3 is 0 Å². The van der Waals surface area contributed by atoms with Gasteiger partial charge in [0.25, 0.3) is 5.91 Å². The molecule has 2 aromatic carbocycles. The third-order valence-corrected chi connectivity index (χ3v) is 5.31. The summed E-state index contributed by atoms with van der Waals surface area (Å²) < 4.78 is 7.48. The summed E-state index contributed by atoms with van der Waals surface area (Å²) in [6.45, 7) is 4.42. The third kappa shape index (κ3) is 3.31. The summed E-state index contributed by atoms with van der Waals surface area (Å²) >= 11 is 1.43. The van der Waals surface area contributed by atoms with Gasteiger partial charge in [-0.1, -0.05) is 30.3 Å². The first-order chi connectivity index (χ1) is 13.2. The van der Waals surface area contributed by atoms with Crippen LogP contribution in [0.25, 0.3) is 15.9 Å². The summed E-state index contributed by atoms with van der Waals surface area (Å²) in [6.07, 6.45) is 0. The molecule has 0 radical (unpaired) electrons. The summed E-state index contributed by atoms with van der Waals surface area (Å²) in [7, 11) is 0. The standard InChI is InChI=1S/C21H19N3O2S/c1-3-26-18-12-8-7-11-17(18)22-20(25)19-13-16-14(2)23-24(21(16)27-19)15-9-5-4-6-10-15/h4-13H,3H2,1-2H3,(H,22,25). The van der Waals surface area contributed by atoms with Crippen molar-refractivity contribution in [1.82, 2.24) is 9.78 Å². The number of thiophene rings is 1. The fourth-order valence-electron chi connectivity index (χ4n) is 2.94. The Balaban J connectivity index is 1.68. The minimum absolute atomic E-state index is 0.151. The zero-order chi connectivity index (χ0) is 18.8. The van der Waals surface area contributed by atoms with Gasteiger partial charge in [-0.05, 0) is 44.2 Å². The van der Waals surface area contributed by atoms with Crippen LogP contribution in [0.5, 0.6) is 5.75 Å². The zero-order valence-corrected chi connectivity index (χ0v) is 15.9. The van der Waals surface area contributed by atoms with E-state index in [0.29, 0.717) is 22.9 Å². The van der Waals surface area contributed by atoms with Crippen LogP contribution in [0.4, 0.5) is 5.69 Å². The number of carbonyl (C=O) groups excluding carboxylic acids is 1. The molecule has 0 fully saturated rings. The highest BCUT2D eigenvalue weighted by molar-refractivity contribution is 7.20. The molecule has 4 aromatic rings. The molecule has 5 nitrogen and oxygen atoms in total. The minimum Gasteiger partial charge on any atom is -0.492 e. The molecule has 4 rings (SSSR count). The Morgan fingerprint density at radius 1 is 1.15 bits per heavy atom. The Kier molecular flexibility index (Phi) is 4.64. The van der Waals surface area contributed by atoms with Gasteiger partial charge in [0, 0.05) is 5.39 Å². The van der Waals surface area contributed by atoms with Gasteiger partial charge < -0.3 is 10.1 Å². The molecular formula is C21H19N3O2S. The van der Waals surface area contributed by atoms with Crippen molar-refractivity contribution >= 4 is 33.1 Å². The minimum atomic E-state index is -0.151. The van der Waals surface area contributed by atoms with Crippen molar-refractivity contribution in [3.8, 4) is 11.4 Å². The number of aromatic nitrogens is 2. The summed E-state index contributed by atoms with van der Waals surface area (Å²) in [6, 6.07) is 19.3. The van der Waals surface area contributed by atoms with Crippen molar-refractivity contribution in [2.24, 2.45) is 0 Å². The molecule has 136 valence electrons. The Morgan fingerprint density at radius 2 is 1.89 bits per heavy atom. The second-order valence-corrected chi connectivity index (χ2v) is 7.08. The van der Waals surface area contributed by atoms with Crippen molar-refractivity contribution in [3.63, 3.8) is 0 Å². The summed E-state index contributed by atoms with van der Waals surface area (Å²) in [4.78, 5) is 14.4. The molecule has 0 aliphatic heterocycles. The molecule has 2 aromatic heterocycles. The molecule has 6 heteroatoms. The van der Waals surface area contributed by atoms with E-state index in [-0.39, 0.29) is 5.91 Å². The molecule has 0 saturated carbocycles. The van der Waals surface area contributed by atoms with E-state index in [1.807, 2.05) is 79.2 Å². The molecule has 0 spiro atoms. The molecule has 2 heterocycles. The SMILES string of the molecule is CCOc1ccccc1NC(=O)c1cc2c(C)nn(-c3ccccc3)c2s1. The normalized spacial score (nSPS) is 10.9. The largest absolute Gasteiger partial charge is 0.492 e. The van der Waals surface area contributed by atoms with E-state index in [4.69, 9.17) is 4.74 Å². The number of hydrogen-bond acceptors (Lipinski definition) is 4. The van der Waals surface area contributed by atoms with Crippen LogP contribution in [0.15, 0.2) is 60.7 Å². The number of benzene rings is 2. The maximum Gasteiger partial charge on any atom is 0.265 e. The van der Waals surface area contributed by atoms with Crippen LogP contribution in [0.3, 0.4) is 0 Å². The van der Waals surface area contributed by atoms with Crippen molar-refractivity contribution in [1.29, 1.82) is 0 Å². The number of rotatable bonds is 5. The first-order valence-corrected chi connectivity index (χ1v) is 9.56. The molecule has 1 N–H and O–H groups in total. The zero-order valence-electron chi connectivity index (χ0n) is 15.1. The Morgan fingerprint density at radius 3 is 2.67 bits per heavy atom. The van der Waals surface area contributed by atoms with Crippen LogP contribution in [-0.2, 0) is 0 Å². The summed E-state index contributed by atoms with van der Waals surface area (Å²) in [5, 5.41) is 8.57. The number of para-hydroxylation sites is 3. The van der Waals surface area contributed by atoms with Gasteiger partial charge in [0.15, 0.2) is 0 Å². The number of hydrogen-bond donors (Lipinski definition) is 1. The summed E-state index contributed by atoms with van der Waals surface area (Å²) in [5.74, 6) is 0.517. The van der Waals surface area contributed by atoms with Crippen molar-refractivity contribution in [2.45, 2.75) is 13.8 Å². The summed E-state index contributed by atoms with van der Waals surface area (Å²) in [5.41, 5.74) is 2.55. The predicted molar refractivity (Wildman–Crippen MR) is 109 cm³/mol. The Bertz CT molecular complexity index is 1100.